The van der Waals surface area contributed by atoms with E-state index in [1.807, 2.05) is 18.3 Å². The van der Waals surface area contributed by atoms with Gasteiger partial charge in [-0.2, -0.15) is 0 Å². The van der Waals surface area contributed by atoms with Crippen molar-refractivity contribution in [3.05, 3.63) is 35.2 Å². The molecule has 1 aliphatic heterocycles. The Kier molecular flexibility index (Phi) is 4.56. The van der Waals surface area contributed by atoms with Gasteiger partial charge in [0.1, 0.15) is 0 Å². The summed E-state index contributed by atoms with van der Waals surface area (Å²) in [7, 11) is 0. The fourth-order valence-electron chi connectivity index (χ4n) is 2.98. The minimum atomic E-state index is -0.0156. The number of thiophene rings is 1. The zero-order chi connectivity index (χ0) is 14.7. The number of carbonyl (C=O) groups excluding carboxylic acids is 1. The molecule has 3 rings (SSSR count). The van der Waals surface area contributed by atoms with E-state index in [1.165, 1.54) is 15.6 Å². The smallest absolute Gasteiger partial charge is 0.309 e. The lowest BCUT2D eigenvalue weighted by Gasteiger charge is -2.30. The van der Waals surface area contributed by atoms with Crippen molar-refractivity contribution in [2.24, 2.45) is 5.92 Å². The quantitative estimate of drug-likeness (QED) is 0.807. The molecule has 0 saturated carbocycles. The Labute approximate surface area is 129 Å². The molecule has 112 valence electrons. The van der Waals surface area contributed by atoms with Crippen LogP contribution in [-0.4, -0.2) is 30.6 Å². The normalized spacial score (nSPS) is 17.2. The van der Waals surface area contributed by atoms with Crippen LogP contribution >= 0.6 is 11.3 Å². The van der Waals surface area contributed by atoms with Crippen LogP contribution in [0.2, 0.25) is 0 Å². The SMILES string of the molecule is CCOC(=O)C1CCN(Cc2csc3ccccc23)CC1. The lowest BCUT2D eigenvalue weighted by Crippen LogP contribution is -2.36. The molecule has 2 aromatic rings. The Bertz CT molecular complexity index is 614. The van der Waals surface area contributed by atoms with E-state index >= 15 is 0 Å². The van der Waals surface area contributed by atoms with E-state index in [2.05, 4.69) is 34.5 Å². The van der Waals surface area contributed by atoms with Crippen LogP contribution in [0, 0.1) is 5.92 Å². The van der Waals surface area contributed by atoms with E-state index in [9.17, 15) is 4.79 Å². The first-order valence-corrected chi connectivity index (χ1v) is 8.50. The summed E-state index contributed by atoms with van der Waals surface area (Å²) in [5.41, 5.74) is 1.41. The topological polar surface area (TPSA) is 29.5 Å². The maximum Gasteiger partial charge on any atom is 0.309 e. The van der Waals surface area contributed by atoms with Crippen LogP contribution in [0.3, 0.4) is 0 Å². The molecule has 21 heavy (non-hydrogen) atoms. The molecule has 0 bridgehead atoms. The van der Waals surface area contributed by atoms with Crippen molar-refractivity contribution in [1.82, 2.24) is 4.90 Å². The molecular weight excluding hydrogens is 282 g/mol. The molecule has 4 heteroatoms. The molecule has 0 aliphatic carbocycles. The van der Waals surface area contributed by atoms with Gasteiger partial charge in [0.2, 0.25) is 0 Å². The number of piperidine rings is 1. The third-order valence-electron chi connectivity index (χ3n) is 4.16. The standard InChI is InChI=1S/C17H21NO2S/c1-2-20-17(19)13-7-9-18(10-8-13)11-14-12-21-16-6-4-3-5-15(14)16/h3-6,12-13H,2,7-11H2,1H3. The highest BCUT2D eigenvalue weighted by atomic mass is 32.1. The molecule has 0 atom stereocenters. The number of rotatable bonds is 4. The molecule has 0 N–H and O–H groups in total. The second-order valence-electron chi connectivity index (χ2n) is 5.56. The number of nitrogens with zero attached hydrogens (tertiary/aromatic N) is 1. The zero-order valence-electron chi connectivity index (χ0n) is 12.4. The van der Waals surface area contributed by atoms with Crippen LogP contribution < -0.4 is 0 Å². The van der Waals surface area contributed by atoms with Crippen LogP contribution in [-0.2, 0) is 16.1 Å². The molecule has 0 amide bonds. The lowest BCUT2D eigenvalue weighted by molar-refractivity contribution is -0.149. The van der Waals surface area contributed by atoms with Crippen molar-refractivity contribution in [2.45, 2.75) is 26.3 Å². The van der Waals surface area contributed by atoms with Gasteiger partial charge in [0.15, 0.2) is 0 Å². The maximum atomic E-state index is 11.8. The second-order valence-corrected chi connectivity index (χ2v) is 6.47. The molecule has 1 aromatic carbocycles. The number of fused-ring (bicyclic) bond motifs is 1. The summed E-state index contributed by atoms with van der Waals surface area (Å²) >= 11 is 1.81. The van der Waals surface area contributed by atoms with E-state index in [-0.39, 0.29) is 11.9 Å². The van der Waals surface area contributed by atoms with Crippen molar-refractivity contribution in [1.29, 1.82) is 0 Å². The third-order valence-corrected chi connectivity index (χ3v) is 5.17. The van der Waals surface area contributed by atoms with Crippen LogP contribution in [0.5, 0.6) is 0 Å². The largest absolute Gasteiger partial charge is 0.466 e. The van der Waals surface area contributed by atoms with E-state index in [4.69, 9.17) is 4.74 Å². The number of benzene rings is 1. The number of hydrogen-bond acceptors (Lipinski definition) is 4. The Morgan fingerprint density at radius 1 is 1.33 bits per heavy atom. The summed E-state index contributed by atoms with van der Waals surface area (Å²) < 4.78 is 6.48. The van der Waals surface area contributed by atoms with Gasteiger partial charge in [-0.15, -0.1) is 11.3 Å². The Morgan fingerprint density at radius 2 is 2.10 bits per heavy atom. The summed E-state index contributed by atoms with van der Waals surface area (Å²) in [5, 5.41) is 3.64. The molecule has 2 heterocycles. The molecule has 1 aliphatic rings. The van der Waals surface area contributed by atoms with Gasteiger partial charge in [-0.05, 0) is 55.3 Å². The van der Waals surface area contributed by atoms with Crippen molar-refractivity contribution >= 4 is 27.4 Å². The zero-order valence-corrected chi connectivity index (χ0v) is 13.2. The Morgan fingerprint density at radius 3 is 2.86 bits per heavy atom. The van der Waals surface area contributed by atoms with Gasteiger partial charge in [-0.3, -0.25) is 9.69 Å². The molecule has 3 nitrogen and oxygen atoms in total. The summed E-state index contributed by atoms with van der Waals surface area (Å²) in [6.45, 7) is 5.30. The maximum absolute atomic E-state index is 11.8. The first-order chi connectivity index (χ1) is 10.3. The van der Waals surface area contributed by atoms with E-state index in [0.717, 1.165) is 32.5 Å². The van der Waals surface area contributed by atoms with Gasteiger partial charge in [-0.25, -0.2) is 0 Å². The molecule has 0 unspecified atom stereocenters. The molecule has 0 spiro atoms. The first-order valence-electron chi connectivity index (χ1n) is 7.62. The summed E-state index contributed by atoms with van der Waals surface area (Å²) in [6.07, 6.45) is 1.84. The summed E-state index contributed by atoms with van der Waals surface area (Å²) in [6, 6.07) is 8.57. The van der Waals surface area contributed by atoms with Crippen molar-refractivity contribution in [3.8, 4) is 0 Å². The highest BCUT2D eigenvalue weighted by Crippen LogP contribution is 2.28. The fourth-order valence-corrected chi connectivity index (χ4v) is 3.94. The first kappa shape index (κ1) is 14.5. The average Bonchev–Trinajstić information content (AvgIpc) is 2.92. The van der Waals surface area contributed by atoms with Gasteiger partial charge in [-0.1, -0.05) is 18.2 Å². The minimum Gasteiger partial charge on any atom is -0.466 e. The van der Waals surface area contributed by atoms with Gasteiger partial charge in [0.25, 0.3) is 0 Å². The Hall–Kier alpha value is -1.39. The molecule has 0 radical (unpaired) electrons. The van der Waals surface area contributed by atoms with Gasteiger partial charge >= 0.3 is 5.97 Å². The monoisotopic (exact) mass is 303 g/mol. The van der Waals surface area contributed by atoms with Gasteiger partial charge in [0.05, 0.1) is 12.5 Å². The van der Waals surface area contributed by atoms with E-state index in [0.29, 0.717) is 6.61 Å². The number of hydrogen-bond donors (Lipinski definition) is 0. The molecular formula is C17H21NO2S. The van der Waals surface area contributed by atoms with E-state index in [1.54, 1.807) is 0 Å². The van der Waals surface area contributed by atoms with Crippen LogP contribution in [0.4, 0.5) is 0 Å². The Balaban J connectivity index is 1.59. The van der Waals surface area contributed by atoms with Crippen molar-refractivity contribution in [2.75, 3.05) is 19.7 Å². The van der Waals surface area contributed by atoms with Crippen molar-refractivity contribution < 1.29 is 9.53 Å². The summed E-state index contributed by atoms with van der Waals surface area (Å²) in [5.74, 6) is 0.0820. The second kappa shape index (κ2) is 6.58. The van der Waals surface area contributed by atoms with Gasteiger partial charge < -0.3 is 4.74 Å². The van der Waals surface area contributed by atoms with E-state index < -0.39 is 0 Å². The van der Waals surface area contributed by atoms with Crippen LogP contribution in [0.15, 0.2) is 29.6 Å². The number of esters is 1. The highest BCUT2D eigenvalue weighted by molar-refractivity contribution is 7.17. The molecule has 1 aromatic heterocycles. The predicted molar refractivity (Wildman–Crippen MR) is 86.5 cm³/mol. The highest BCUT2D eigenvalue weighted by Gasteiger charge is 2.26. The third kappa shape index (κ3) is 3.27. The number of likely N-dealkylation sites (tertiary alicyclic amines) is 1. The number of carbonyl (C=O) groups is 1. The predicted octanol–water partition coefficient (Wildman–Crippen LogP) is 3.68. The lowest BCUT2D eigenvalue weighted by atomic mass is 9.96. The van der Waals surface area contributed by atoms with Crippen molar-refractivity contribution in [3.63, 3.8) is 0 Å². The summed E-state index contributed by atoms with van der Waals surface area (Å²) in [4.78, 5) is 14.2. The van der Waals surface area contributed by atoms with Crippen LogP contribution in [0.1, 0.15) is 25.3 Å². The fraction of sp³-hybridized carbons (Fsp3) is 0.471. The average molecular weight is 303 g/mol. The number of ether oxygens (including phenoxy) is 1. The minimum absolute atomic E-state index is 0.0156. The van der Waals surface area contributed by atoms with Gasteiger partial charge in [0, 0.05) is 11.2 Å². The molecule has 1 saturated heterocycles. The molecule has 1 fully saturated rings. The van der Waals surface area contributed by atoms with Crippen LogP contribution in [0.25, 0.3) is 10.1 Å².